The highest BCUT2D eigenvalue weighted by molar-refractivity contribution is 9.10. The van der Waals surface area contributed by atoms with Gasteiger partial charge in [-0.3, -0.25) is 0 Å². The van der Waals surface area contributed by atoms with E-state index in [0.29, 0.717) is 18.0 Å². The summed E-state index contributed by atoms with van der Waals surface area (Å²) in [6.07, 6.45) is 6.26. The van der Waals surface area contributed by atoms with Gasteiger partial charge in [0.25, 0.3) is 0 Å². The number of aliphatic hydroxyl groups excluding tert-OH is 1. The molecule has 1 fully saturated rings. The third-order valence-electron chi connectivity index (χ3n) is 4.80. The van der Waals surface area contributed by atoms with Crippen molar-refractivity contribution in [3.63, 3.8) is 0 Å². The smallest absolute Gasteiger partial charge is 0.337 e. The number of fused-ring (bicyclic) bond motifs is 1. The van der Waals surface area contributed by atoms with Crippen molar-refractivity contribution in [3.8, 4) is 0 Å². The fraction of sp³-hybridized carbons (Fsp3) is 0.500. The Hall–Kier alpha value is -1.33. The molecule has 1 aliphatic carbocycles. The molecule has 5 heteroatoms. The van der Waals surface area contributed by atoms with E-state index in [1.165, 1.54) is 50.2 Å². The summed E-state index contributed by atoms with van der Waals surface area (Å²) in [6.45, 7) is 0.573. The Kier molecular flexibility index (Phi) is 5.07. The minimum Gasteiger partial charge on any atom is -0.465 e. The molecule has 1 aromatic carbocycles. The summed E-state index contributed by atoms with van der Waals surface area (Å²) < 4.78 is 7.93. The summed E-state index contributed by atoms with van der Waals surface area (Å²) in [7, 11) is 1.39. The van der Waals surface area contributed by atoms with Gasteiger partial charge >= 0.3 is 5.97 Å². The number of hydrogen-bond donors (Lipinski definition) is 1. The highest BCUT2D eigenvalue weighted by Crippen LogP contribution is 2.42. The maximum absolute atomic E-state index is 11.8. The molecule has 2 aromatic rings. The number of aromatic nitrogens is 1. The van der Waals surface area contributed by atoms with Crippen molar-refractivity contribution in [3.05, 3.63) is 33.9 Å². The third-order valence-corrected chi connectivity index (χ3v) is 5.65. The number of rotatable bonds is 4. The fourth-order valence-corrected chi connectivity index (χ4v) is 4.59. The molecule has 0 atom stereocenters. The molecule has 0 unspecified atom stereocenters. The molecular formula is C18H22BrNO3. The molecule has 0 spiro atoms. The lowest BCUT2D eigenvalue weighted by Gasteiger charge is -2.22. The van der Waals surface area contributed by atoms with E-state index in [-0.39, 0.29) is 12.6 Å². The van der Waals surface area contributed by atoms with Crippen LogP contribution in [0.25, 0.3) is 10.9 Å². The normalized spacial score (nSPS) is 16.0. The van der Waals surface area contributed by atoms with E-state index in [4.69, 9.17) is 4.74 Å². The first-order valence-electron chi connectivity index (χ1n) is 8.18. The van der Waals surface area contributed by atoms with Gasteiger partial charge in [-0.15, -0.1) is 0 Å². The second-order valence-electron chi connectivity index (χ2n) is 6.14. The number of benzene rings is 1. The molecule has 0 saturated heterocycles. The first-order valence-corrected chi connectivity index (χ1v) is 8.97. The zero-order valence-electron chi connectivity index (χ0n) is 13.3. The highest BCUT2D eigenvalue weighted by atomic mass is 79.9. The predicted octanol–water partition coefficient (Wildman–Crippen LogP) is 4.23. The molecule has 3 rings (SSSR count). The largest absolute Gasteiger partial charge is 0.465 e. The van der Waals surface area contributed by atoms with Crippen molar-refractivity contribution in [1.82, 2.24) is 4.57 Å². The molecule has 4 nitrogen and oxygen atoms in total. The minimum atomic E-state index is -0.334. The maximum Gasteiger partial charge on any atom is 0.337 e. The average molecular weight is 380 g/mol. The molecule has 23 heavy (non-hydrogen) atoms. The summed E-state index contributed by atoms with van der Waals surface area (Å²) >= 11 is 3.75. The Balaban J connectivity index is 2.16. The second kappa shape index (κ2) is 7.05. The van der Waals surface area contributed by atoms with E-state index in [2.05, 4.69) is 20.5 Å². The number of carbonyl (C=O) groups is 1. The second-order valence-corrected chi connectivity index (χ2v) is 6.89. The van der Waals surface area contributed by atoms with Crippen molar-refractivity contribution in [2.24, 2.45) is 0 Å². The van der Waals surface area contributed by atoms with Crippen LogP contribution in [0.3, 0.4) is 0 Å². The summed E-state index contributed by atoms with van der Waals surface area (Å²) in [5.74, 6) is 0.212. The molecular weight excluding hydrogens is 358 g/mol. The molecule has 1 heterocycles. The van der Waals surface area contributed by atoms with Crippen LogP contribution in [0.1, 0.15) is 53.9 Å². The zero-order valence-corrected chi connectivity index (χ0v) is 14.9. The summed E-state index contributed by atoms with van der Waals surface area (Å²) in [6, 6.07) is 5.72. The fourth-order valence-electron chi connectivity index (χ4n) is 3.69. The van der Waals surface area contributed by atoms with Crippen molar-refractivity contribution >= 4 is 32.8 Å². The lowest BCUT2D eigenvalue weighted by molar-refractivity contribution is 0.0601. The SMILES string of the molecule is COC(=O)c1ccc2c(C3CCCCC3)c(Br)n(CCO)c2c1. The predicted molar refractivity (Wildman–Crippen MR) is 93.9 cm³/mol. The Morgan fingerprint density at radius 2 is 2.09 bits per heavy atom. The van der Waals surface area contributed by atoms with Crippen molar-refractivity contribution < 1.29 is 14.6 Å². The van der Waals surface area contributed by atoms with Gasteiger partial charge in [-0.2, -0.15) is 0 Å². The van der Waals surface area contributed by atoms with E-state index in [0.717, 1.165) is 10.1 Å². The van der Waals surface area contributed by atoms with E-state index in [9.17, 15) is 9.90 Å². The van der Waals surface area contributed by atoms with Gasteiger partial charge in [0.2, 0.25) is 0 Å². The molecule has 1 aliphatic rings. The monoisotopic (exact) mass is 379 g/mol. The molecule has 1 aromatic heterocycles. The van der Waals surface area contributed by atoms with Crippen molar-refractivity contribution in [2.45, 2.75) is 44.6 Å². The van der Waals surface area contributed by atoms with Gasteiger partial charge in [0, 0.05) is 11.9 Å². The van der Waals surface area contributed by atoms with Crippen LogP contribution in [-0.2, 0) is 11.3 Å². The zero-order chi connectivity index (χ0) is 16.4. The first kappa shape index (κ1) is 16.5. The number of hydrogen-bond acceptors (Lipinski definition) is 3. The number of methoxy groups -OCH3 is 1. The number of ether oxygens (including phenoxy) is 1. The van der Waals surface area contributed by atoms with Gasteiger partial charge in [-0.1, -0.05) is 25.3 Å². The summed E-state index contributed by atoms with van der Waals surface area (Å²) in [5.41, 5.74) is 2.85. The lowest BCUT2D eigenvalue weighted by atomic mass is 9.84. The van der Waals surface area contributed by atoms with Gasteiger partial charge < -0.3 is 14.4 Å². The van der Waals surface area contributed by atoms with Crippen LogP contribution < -0.4 is 0 Å². The Labute approximate surface area is 144 Å². The standard InChI is InChI=1S/C18H22BrNO3/c1-23-18(22)13-7-8-14-15(11-13)20(9-10-21)17(19)16(14)12-5-3-2-4-6-12/h7-8,11-12,21H,2-6,9-10H2,1H3. The summed E-state index contributed by atoms with van der Waals surface area (Å²) in [4.78, 5) is 11.8. The van der Waals surface area contributed by atoms with Gasteiger partial charge in [0.05, 0.1) is 29.4 Å². The van der Waals surface area contributed by atoms with E-state index in [1.54, 1.807) is 0 Å². The Bertz CT molecular complexity index is 717. The summed E-state index contributed by atoms with van der Waals surface area (Å²) in [5, 5.41) is 10.6. The number of esters is 1. The molecule has 1 N–H and O–H groups in total. The highest BCUT2D eigenvalue weighted by Gasteiger charge is 2.25. The minimum absolute atomic E-state index is 0.0644. The number of halogens is 1. The van der Waals surface area contributed by atoms with Crippen LogP contribution in [0, 0.1) is 0 Å². The van der Waals surface area contributed by atoms with Crippen LogP contribution in [0.15, 0.2) is 22.8 Å². The van der Waals surface area contributed by atoms with Gasteiger partial charge in [0.1, 0.15) is 0 Å². The number of aliphatic hydroxyl groups is 1. The van der Waals surface area contributed by atoms with Crippen LogP contribution in [0.4, 0.5) is 0 Å². The molecule has 124 valence electrons. The molecule has 0 amide bonds. The van der Waals surface area contributed by atoms with E-state index >= 15 is 0 Å². The molecule has 0 bridgehead atoms. The van der Waals surface area contributed by atoms with Crippen molar-refractivity contribution in [1.29, 1.82) is 0 Å². The van der Waals surface area contributed by atoms with Crippen LogP contribution in [0.5, 0.6) is 0 Å². The number of nitrogens with zero attached hydrogens (tertiary/aromatic N) is 1. The van der Waals surface area contributed by atoms with Gasteiger partial charge in [0.15, 0.2) is 0 Å². The van der Waals surface area contributed by atoms with E-state index < -0.39 is 0 Å². The number of carbonyl (C=O) groups excluding carboxylic acids is 1. The van der Waals surface area contributed by atoms with Gasteiger partial charge in [-0.25, -0.2) is 4.79 Å². The average Bonchev–Trinajstić information content (AvgIpc) is 2.87. The molecule has 1 saturated carbocycles. The Morgan fingerprint density at radius 3 is 2.74 bits per heavy atom. The first-order chi connectivity index (χ1) is 11.2. The topological polar surface area (TPSA) is 51.5 Å². The third kappa shape index (κ3) is 3.04. The quantitative estimate of drug-likeness (QED) is 0.808. The van der Waals surface area contributed by atoms with Crippen LogP contribution in [-0.4, -0.2) is 29.4 Å². The van der Waals surface area contributed by atoms with Crippen LogP contribution >= 0.6 is 15.9 Å². The molecule has 0 aliphatic heterocycles. The Morgan fingerprint density at radius 1 is 1.35 bits per heavy atom. The van der Waals surface area contributed by atoms with Gasteiger partial charge in [-0.05, 0) is 52.4 Å². The lowest BCUT2D eigenvalue weighted by Crippen LogP contribution is -2.06. The van der Waals surface area contributed by atoms with Crippen LogP contribution in [0.2, 0.25) is 0 Å². The van der Waals surface area contributed by atoms with Crippen molar-refractivity contribution in [2.75, 3.05) is 13.7 Å². The van der Waals surface area contributed by atoms with E-state index in [1.807, 2.05) is 18.2 Å². The maximum atomic E-state index is 11.8. The molecule has 0 radical (unpaired) electrons.